The molecule has 0 radical (unpaired) electrons. The molecule has 0 saturated carbocycles. The molecule has 0 N–H and O–H groups in total. The molecule has 0 unspecified atom stereocenters. The third-order valence-corrected chi connectivity index (χ3v) is 11.4. The third-order valence-electron chi connectivity index (χ3n) is 1.35. The van der Waals surface area contributed by atoms with Crippen molar-refractivity contribution >= 4 is 52.0 Å². The van der Waals surface area contributed by atoms with Crippen LogP contribution in [0.25, 0.3) is 0 Å². The van der Waals surface area contributed by atoms with Gasteiger partial charge in [-0.2, -0.15) is 0 Å². The van der Waals surface area contributed by atoms with Crippen LogP contribution in [0.15, 0.2) is 0 Å². The van der Waals surface area contributed by atoms with Crippen molar-refractivity contribution in [3.8, 4) is 0 Å². The Morgan fingerprint density at radius 2 is 1.92 bits per heavy atom. The fourth-order valence-corrected chi connectivity index (χ4v) is 11.5. The molecular weight excluding hydrogens is 299 g/mol. The minimum atomic E-state index is -2.03. The van der Waals surface area contributed by atoms with Gasteiger partial charge < -0.3 is 9.05 Å². The Balaban J connectivity index is 2.50. The molecule has 7 heteroatoms. The molecule has 0 atom stereocenters. The van der Waals surface area contributed by atoms with Gasteiger partial charge in [-0.1, -0.05) is 13.8 Å². The van der Waals surface area contributed by atoms with Gasteiger partial charge in [0.2, 0.25) is 0 Å². The van der Waals surface area contributed by atoms with Gasteiger partial charge in [0.25, 0.3) is 5.69 Å². The summed E-state index contributed by atoms with van der Waals surface area (Å²) in [6, 6.07) is 0. The Labute approximate surface area is 93.1 Å². The molecule has 0 amide bonds. The lowest BCUT2D eigenvalue weighted by atomic mass is 9.97. The molecule has 0 aliphatic carbocycles. The van der Waals surface area contributed by atoms with E-state index in [4.69, 9.17) is 20.9 Å². The summed E-state index contributed by atoms with van der Waals surface area (Å²) in [4.78, 5) is 0. The second-order valence-electron chi connectivity index (χ2n) is 3.30. The topological polar surface area (TPSA) is 18.5 Å². The monoisotopic (exact) mass is 308 g/mol. The molecular formula is C5H10BrO2PS3. The van der Waals surface area contributed by atoms with Gasteiger partial charge in [0.15, 0.2) is 0 Å². The summed E-state index contributed by atoms with van der Waals surface area (Å²) in [6.45, 7) is 5.62. The van der Waals surface area contributed by atoms with Gasteiger partial charge >= 0.3 is 0 Å². The standard InChI is InChI=1S/C5H10BrO2PS3/c1-5(2)3-7-9(10,8-4-5)12-11-6/h3-4H2,1-2H3. The average molecular weight is 309 g/mol. The van der Waals surface area contributed by atoms with E-state index in [-0.39, 0.29) is 5.41 Å². The maximum absolute atomic E-state index is 5.54. The van der Waals surface area contributed by atoms with Crippen molar-refractivity contribution in [1.29, 1.82) is 0 Å². The number of halogens is 1. The van der Waals surface area contributed by atoms with Gasteiger partial charge in [-0.05, 0) is 21.0 Å². The Morgan fingerprint density at radius 1 is 1.42 bits per heavy atom. The van der Waals surface area contributed by atoms with Crippen LogP contribution in [-0.4, -0.2) is 13.2 Å². The minimum Gasteiger partial charge on any atom is -0.320 e. The van der Waals surface area contributed by atoms with Crippen molar-refractivity contribution in [2.45, 2.75) is 13.8 Å². The van der Waals surface area contributed by atoms with Gasteiger partial charge in [-0.15, -0.1) is 0 Å². The van der Waals surface area contributed by atoms with Crippen LogP contribution in [0.1, 0.15) is 13.8 Å². The summed E-state index contributed by atoms with van der Waals surface area (Å²) in [5, 5.41) is 0. The lowest BCUT2D eigenvalue weighted by Crippen LogP contribution is -2.28. The molecule has 1 aliphatic rings. The lowest BCUT2D eigenvalue weighted by Gasteiger charge is -2.34. The van der Waals surface area contributed by atoms with Gasteiger partial charge in [0, 0.05) is 30.6 Å². The van der Waals surface area contributed by atoms with E-state index in [1.54, 1.807) is 0 Å². The SMILES string of the molecule is CC1(C)COP(=S)(SSBr)OC1. The van der Waals surface area contributed by atoms with E-state index in [0.29, 0.717) is 13.2 Å². The van der Waals surface area contributed by atoms with Crippen LogP contribution in [0.5, 0.6) is 0 Å². The summed E-state index contributed by atoms with van der Waals surface area (Å²) in [5.74, 6) is 0. The molecule has 0 aromatic carbocycles. The zero-order chi connectivity index (χ0) is 9.24. The largest absolute Gasteiger partial charge is 0.320 e. The molecule has 1 heterocycles. The van der Waals surface area contributed by atoms with E-state index >= 15 is 0 Å². The highest BCUT2D eigenvalue weighted by Gasteiger charge is 2.33. The first kappa shape index (κ1) is 11.8. The highest BCUT2D eigenvalue weighted by atomic mass is 79.9. The van der Waals surface area contributed by atoms with Crippen LogP contribution in [0.3, 0.4) is 0 Å². The molecule has 12 heavy (non-hydrogen) atoms. The zero-order valence-corrected chi connectivity index (χ0v) is 11.7. The Morgan fingerprint density at radius 3 is 2.33 bits per heavy atom. The van der Waals surface area contributed by atoms with E-state index in [0.717, 1.165) is 0 Å². The first-order valence-electron chi connectivity index (χ1n) is 3.34. The first-order valence-corrected chi connectivity index (χ1v) is 10.6. The lowest BCUT2D eigenvalue weighted by molar-refractivity contribution is 0.0673. The molecule has 0 bridgehead atoms. The predicted molar refractivity (Wildman–Crippen MR) is 64.1 cm³/mol. The van der Waals surface area contributed by atoms with Crippen LogP contribution >= 0.6 is 40.1 Å². The van der Waals surface area contributed by atoms with Crippen molar-refractivity contribution in [2.75, 3.05) is 13.2 Å². The summed E-state index contributed by atoms with van der Waals surface area (Å²) < 4.78 is 11.1. The summed E-state index contributed by atoms with van der Waals surface area (Å²) in [7, 11) is 2.90. The Hall–Kier alpha value is 1.75. The maximum atomic E-state index is 5.54. The fraction of sp³-hybridized carbons (Fsp3) is 1.00. The molecule has 1 rings (SSSR count). The fourth-order valence-electron chi connectivity index (χ4n) is 0.664. The molecule has 0 aromatic rings. The van der Waals surface area contributed by atoms with E-state index in [1.165, 1.54) is 19.6 Å². The normalized spacial score (nSPS) is 26.9. The number of rotatable bonds is 2. The molecule has 0 aromatic heterocycles. The first-order chi connectivity index (χ1) is 5.47. The quantitative estimate of drug-likeness (QED) is 0.566. The molecule has 0 spiro atoms. The molecule has 1 fully saturated rings. The summed E-state index contributed by atoms with van der Waals surface area (Å²) in [6.07, 6.45) is 0. The van der Waals surface area contributed by atoms with E-state index < -0.39 is 5.69 Å². The average Bonchev–Trinajstić information content (AvgIpc) is 1.98. The van der Waals surface area contributed by atoms with Crippen LogP contribution in [0.4, 0.5) is 0 Å². The van der Waals surface area contributed by atoms with E-state index in [2.05, 4.69) is 28.7 Å². The van der Waals surface area contributed by atoms with Crippen molar-refractivity contribution in [3.63, 3.8) is 0 Å². The van der Waals surface area contributed by atoms with Crippen LogP contribution in [0, 0.1) is 5.41 Å². The van der Waals surface area contributed by atoms with Crippen molar-refractivity contribution in [3.05, 3.63) is 0 Å². The van der Waals surface area contributed by atoms with E-state index in [9.17, 15) is 0 Å². The smallest absolute Gasteiger partial charge is 0.258 e. The highest BCUT2D eigenvalue weighted by molar-refractivity contribution is 9.63. The van der Waals surface area contributed by atoms with Crippen LogP contribution in [-0.2, 0) is 20.9 Å². The van der Waals surface area contributed by atoms with Gasteiger partial charge in [-0.25, -0.2) is 0 Å². The molecule has 2 nitrogen and oxygen atoms in total. The van der Waals surface area contributed by atoms with Gasteiger partial charge in [0.05, 0.1) is 13.2 Å². The second kappa shape index (κ2) is 4.51. The Kier molecular flexibility index (Phi) is 4.45. The van der Waals surface area contributed by atoms with Gasteiger partial charge in [-0.3, -0.25) is 0 Å². The predicted octanol–water partition coefficient (Wildman–Crippen LogP) is 3.98. The third kappa shape index (κ3) is 3.48. The van der Waals surface area contributed by atoms with E-state index in [1.807, 2.05) is 0 Å². The molecule has 1 aliphatic heterocycles. The molecule has 72 valence electrons. The Bertz CT molecular complexity index is 197. The van der Waals surface area contributed by atoms with Gasteiger partial charge in [0.1, 0.15) is 0 Å². The number of hydrogen-bond donors (Lipinski definition) is 0. The van der Waals surface area contributed by atoms with Crippen LogP contribution < -0.4 is 0 Å². The highest BCUT2D eigenvalue weighted by Crippen LogP contribution is 2.69. The summed E-state index contributed by atoms with van der Waals surface area (Å²) in [5.41, 5.74) is -1.92. The summed E-state index contributed by atoms with van der Waals surface area (Å²) >= 11 is 8.46. The zero-order valence-electron chi connectivity index (χ0n) is 6.78. The second-order valence-corrected chi connectivity index (χ2v) is 13.1. The minimum absolute atomic E-state index is 0.111. The van der Waals surface area contributed by atoms with Crippen molar-refractivity contribution in [2.24, 2.45) is 5.41 Å². The van der Waals surface area contributed by atoms with Crippen molar-refractivity contribution in [1.82, 2.24) is 0 Å². The number of hydrogen-bond acceptors (Lipinski definition) is 5. The molecule has 1 saturated heterocycles. The maximum Gasteiger partial charge on any atom is 0.258 e. The van der Waals surface area contributed by atoms with Crippen molar-refractivity contribution < 1.29 is 9.05 Å². The van der Waals surface area contributed by atoms with Crippen LogP contribution in [0.2, 0.25) is 0 Å².